The van der Waals surface area contributed by atoms with E-state index in [-0.39, 0.29) is 11.7 Å². The van der Waals surface area contributed by atoms with Gasteiger partial charge in [0.2, 0.25) is 11.7 Å². The molecule has 0 aliphatic carbocycles. The SMILES string of the molecule is O=C(c1ccccn1)[C@H]1CCCN(Cc2nc(-c3cccnc3)no2)C1. The molecule has 0 aromatic carbocycles. The number of ketones is 1. The molecule has 1 aliphatic rings. The molecule has 4 rings (SSSR count). The zero-order valence-electron chi connectivity index (χ0n) is 14.3. The summed E-state index contributed by atoms with van der Waals surface area (Å²) in [6.45, 7) is 2.13. The van der Waals surface area contributed by atoms with Crippen LogP contribution in [0.1, 0.15) is 29.2 Å². The first kappa shape index (κ1) is 16.5. The largest absolute Gasteiger partial charge is 0.338 e. The highest BCUT2D eigenvalue weighted by molar-refractivity contribution is 5.96. The Morgan fingerprint density at radius 2 is 2.19 bits per heavy atom. The van der Waals surface area contributed by atoms with E-state index in [2.05, 4.69) is 25.0 Å². The Balaban J connectivity index is 1.41. The van der Waals surface area contributed by atoms with E-state index in [1.165, 1.54) is 0 Å². The van der Waals surface area contributed by atoms with Gasteiger partial charge in [0.05, 0.1) is 6.54 Å². The van der Waals surface area contributed by atoms with Crippen LogP contribution in [0, 0.1) is 5.92 Å². The second kappa shape index (κ2) is 7.53. The lowest BCUT2D eigenvalue weighted by molar-refractivity contribution is 0.0792. The van der Waals surface area contributed by atoms with Crippen LogP contribution in [-0.4, -0.2) is 43.9 Å². The fraction of sp³-hybridized carbons (Fsp3) is 0.316. The van der Waals surface area contributed by atoms with Gasteiger partial charge < -0.3 is 4.52 Å². The number of aromatic nitrogens is 4. The number of carbonyl (C=O) groups is 1. The average Bonchev–Trinajstić information content (AvgIpc) is 3.17. The Morgan fingerprint density at radius 1 is 1.23 bits per heavy atom. The fourth-order valence-corrected chi connectivity index (χ4v) is 3.25. The third kappa shape index (κ3) is 3.67. The summed E-state index contributed by atoms with van der Waals surface area (Å²) < 4.78 is 5.37. The van der Waals surface area contributed by atoms with Gasteiger partial charge in [-0.05, 0) is 43.7 Å². The summed E-state index contributed by atoms with van der Waals surface area (Å²) >= 11 is 0. The highest BCUT2D eigenvalue weighted by Gasteiger charge is 2.28. The van der Waals surface area contributed by atoms with Gasteiger partial charge in [0.25, 0.3) is 0 Å². The van der Waals surface area contributed by atoms with E-state index in [9.17, 15) is 4.79 Å². The molecule has 132 valence electrons. The van der Waals surface area contributed by atoms with Crippen LogP contribution in [0.15, 0.2) is 53.4 Å². The van der Waals surface area contributed by atoms with Gasteiger partial charge in [0.15, 0.2) is 5.78 Å². The maximum absolute atomic E-state index is 12.6. The lowest BCUT2D eigenvalue weighted by Gasteiger charge is -2.30. The van der Waals surface area contributed by atoms with Crippen LogP contribution >= 0.6 is 0 Å². The van der Waals surface area contributed by atoms with E-state index in [1.807, 2.05) is 24.3 Å². The molecule has 0 amide bonds. The van der Waals surface area contributed by atoms with Crippen molar-refractivity contribution in [3.8, 4) is 11.4 Å². The second-order valence-electron chi connectivity index (χ2n) is 6.41. The van der Waals surface area contributed by atoms with Crippen molar-refractivity contribution in [2.75, 3.05) is 13.1 Å². The van der Waals surface area contributed by atoms with Crippen molar-refractivity contribution in [3.05, 3.63) is 60.5 Å². The van der Waals surface area contributed by atoms with Crippen LogP contribution in [0.4, 0.5) is 0 Å². The van der Waals surface area contributed by atoms with Crippen LogP contribution in [0.3, 0.4) is 0 Å². The normalized spacial score (nSPS) is 17.9. The van der Waals surface area contributed by atoms with Gasteiger partial charge in [-0.3, -0.25) is 19.7 Å². The smallest absolute Gasteiger partial charge is 0.241 e. The first-order valence-corrected chi connectivity index (χ1v) is 8.70. The standard InChI is InChI=1S/C19H19N5O2/c25-18(16-7-1-2-9-21-16)15-6-4-10-24(12-15)13-17-22-19(23-26-17)14-5-3-8-20-11-14/h1-3,5,7-9,11,15H,4,6,10,12-13H2/t15-/m0/s1. The van der Waals surface area contributed by atoms with Crippen LogP contribution < -0.4 is 0 Å². The molecule has 0 saturated carbocycles. The summed E-state index contributed by atoms with van der Waals surface area (Å²) in [4.78, 5) is 27.5. The van der Waals surface area contributed by atoms with Crippen molar-refractivity contribution in [1.82, 2.24) is 25.0 Å². The van der Waals surface area contributed by atoms with Crippen molar-refractivity contribution in [1.29, 1.82) is 0 Å². The third-order valence-electron chi connectivity index (χ3n) is 4.54. The maximum atomic E-state index is 12.6. The monoisotopic (exact) mass is 349 g/mol. The quantitative estimate of drug-likeness (QED) is 0.655. The first-order valence-electron chi connectivity index (χ1n) is 8.70. The zero-order chi connectivity index (χ0) is 17.8. The molecular weight excluding hydrogens is 330 g/mol. The van der Waals surface area contributed by atoms with Gasteiger partial charge in [-0.1, -0.05) is 11.2 Å². The van der Waals surface area contributed by atoms with Gasteiger partial charge in [0.1, 0.15) is 5.69 Å². The van der Waals surface area contributed by atoms with Crippen molar-refractivity contribution in [2.24, 2.45) is 5.92 Å². The van der Waals surface area contributed by atoms with E-state index in [0.717, 1.165) is 24.9 Å². The molecule has 0 bridgehead atoms. The van der Waals surface area contributed by atoms with E-state index in [4.69, 9.17) is 4.52 Å². The van der Waals surface area contributed by atoms with Gasteiger partial charge in [-0.25, -0.2) is 0 Å². The molecule has 0 N–H and O–H groups in total. The molecule has 7 nitrogen and oxygen atoms in total. The molecule has 0 unspecified atom stereocenters. The van der Waals surface area contributed by atoms with Crippen molar-refractivity contribution < 1.29 is 9.32 Å². The van der Waals surface area contributed by atoms with Crippen molar-refractivity contribution >= 4 is 5.78 Å². The number of likely N-dealkylation sites (tertiary alicyclic amines) is 1. The summed E-state index contributed by atoms with van der Waals surface area (Å²) in [7, 11) is 0. The Hall–Kier alpha value is -2.93. The second-order valence-corrected chi connectivity index (χ2v) is 6.41. The van der Waals surface area contributed by atoms with Crippen LogP contribution in [0.2, 0.25) is 0 Å². The Bertz CT molecular complexity index is 866. The molecular formula is C19H19N5O2. The van der Waals surface area contributed by atoms with Crippen LogP contribution in [0.5, 0.6) is 0 Å². The van der Waals surface area contributed by atoms with Crippen LogP contribution in [0.25, 0.3) is 11.4 Å². The number of Topliss-reactive ketones (excluding diaryl/α,β-unsaturated/α-hetero) is 1. The van der Waals surface area contributed by atoms with E-state index < -0.39 is 0 Å². The molecule has 1 aliphatic heterocycles. The summed E-state index contributed by atoms with van der Waals surface area (Å²) in [5.41, 5.74) is 1.36. The molecule has 1 fully saturated rings. The van der Waals surface area contributed by atoms with E-state index >= 15 is 0 Å². The number of carbonyl (C=O) groups excluding carboxylic acids is 1. The molecule has 7 heteroatoms. The Morgan fingerprint density at radius 3 is 3.00 bits per heavy atom. The van der Waals surface area contributed by atoms with E-state index in [0.29, 0.717) is 30.5 Å². The Kier molecular flexibility index (Phi) is 4.79. The summed E-state index contributed by atoms with van der Waals surface area (Å²) in [6, 6.07) is 9.17. The number of pyridine rings is 2. The van der Waals surface area contributed by atoms with Gasteiger partial charge in [0, 0.05) is 36.6 Å². The predicted octanol–water partition coefficient (Wildman–Crippen LogP) is 2.62. The summed E-state index contributed by atoms with van der Waals surface area (Å²) in [5, 5.41) is 4.02. The van der Waals surface area contributed by atoms with Gasteiger partial charge in [-0.15, -0.1) is 0 Å². The number of hydrogen-bond acceptors (Lipinski definition) is 7. The highest BCUT2D eigenvalue weighted by atomic mass is 16.5. The third-order valence-corrected chi connectivity index (χ3v) is 4.54. The number of hydrogen-bond donors (Lipinski definition) is 0. The maximum Gasteiger partial charge on any atom is 0.241 e. The minimum atomic E-state index is -0.0423. The number of rotatable bonds is 5. The number of nitrogens with zero attached hydrogens (tertiary/aromatic N) is 5. The topological polar surface area (TPSA) is 85.0 Å². The highest BCUT2D eigenvalue weighted by Crippen LogP contribution is 2.22. The molecule has 4 heterocycles. The summed E-state index contributed by atoms with van der Waals surface area (Å²) in [5.74, 6) is 1.15. The summed E-state index contributed by atoms with van der Waals surface area (Å²) in [6.07, 6.45) is 6.92. The van der Waals surface area contributed by atoms with Crippen molar-refractivity contribution in [2.45, 2.75) is 19.4 Å². The Labute approximate surface area is 151 Å². The van der Waals surface area contributed by atoms with Crippen LogP contribution in [-0.2, 0) is 6.54 Å². The molecule has 3 aromatic rings. The molecule has 3 aromatic heterocycles. The van der Waals surface area contributed by atoms with E-state index in [1.54, 1.807) is 24.7 Å². The first-order chi connectivity index (χ1) is 12.8. The fourth-order valence-electron chi connectivity index (χ4n) is 3.25. The molecule has 0 radical (unpaired) electrons. The number of piperidine rings is 1. The molecule has 1 atom stereocenters. The minimum Gasteiger partial charge on any atom is -0.338 e. The lowest BCUT2D eigenvalue weighted by Crippen LogP contribution is -2.38. The zero-order valence-corrected chi connectivity index (χ0v) is 14.3. The minimum absolute atomic E-state index is 0.0423. The van der Waals surface area contributed by atoms with Gasteiger partial charge >= 0.3 is 0 Å². The average molecular weight is 349 g/mol. The lowest BCUT2D eigenvalue weighted by atomic mass is 9.92. The van der Waals surface area contributed by atoms with Crippen molar-refractivity contribution in [3.63, 3.8) is 0 Å². The molecule has 0 spiro atoms. The molecule has 1 saturated heterocycles. The predicted molar refractivity (Wildman–Crippen MR) is 94.1 cm³/mol. The molecule has 26 heavy (non-hydrogen) atoms. The van der Waals surface area contributed by atoms with Gasteiger partial charge in [-0.2, -0.15) is 4.98 Å².